The first-order valence-electron chi connectivity index (χ1n) is 6.05. The van der Waals surface area contributed by atoms with Crippen LogP contribution >= 0.6 is 11.6 Å². The molecular formula is C15H15ClO. The van der Waals surface area contributed by atoms with Crippen molar-refractivity contribution in [1.29, 1.82) is 0 Å². The third kappa shape index (κ3) is 2.05. The molecule has 0 radical (unpaired) electrons. The van der Waals surface area contributed by atoms with Gasteiger partial charge in [0.2, 0.25) is 0 Å². The maximum Gasteiger partial charge on any atom is 0.0865 e. The zero-order chi connectivity index (χ0) is 11.7. The van der Waals surface area contributed by atoms with Crippen LogP contribution in [0.1, 0.15) is 18.1 Å². The second-order valence-corrected chi connectivity index (χ2v) is 4.91. The largest absolute Gasteiger partial charge is 0.373 e. The molecule has 0 aromatic heterocycles. The predicted molar refractivity (Wildman–Crippen MR) is 71.5 cm³/mol. The van der Waals surface area contributed by atoms with Crippen molar-refractivity contribution < 1.29 is 4.74 Å². The van der Waals surface area contributed by atoms with Crippen molar-refractivity contribution in [2.24, 2.45) is 5.92 Å². The second kappa shape index (κ2) is 4.67. The van der Waals surface area contributed by atoms with Gasteiger partial charge in [-0.05, 0) is 28.8 Å². The molecule has 0 saturated carbocycles. The van der Waals surface area contributed by atoms with Crippen molar-refractivity contribution in [3.8, 4) is 0 Å². The van der Waals surface area contributed by atoms with Crippen molar-refractivity contribution in [3.05, 3.63) is 48.0 Å². The normalized spacial score (nSPS) is 24.3. The number of rotatable bonds is 2. The van der Waals surface area contributed by atoms with Crippen molar-refractivity contribution in [3.63, 3.8) is 0 Å². The summed E-state index contributed by atoms with van der Waals surface area (Å²) in [5.41, 5.74) is 1.26. The van der Waals surface area contributed by atoms with Crippen LogP contribution in [0.4, 0.5) is 0 Å². The Morgan fingerprint density at radius 3 is 2.76 bits per heavy atom. The fourth-order valence-corrected chi connectivity index (χ4v) is 2.86. The topological polar surface area (TPSA) is 9.23 Å². The van der Waals surface area contributed by atoms with E-state index in [0.717, 1.165) is 13.0 Å². The summed E-state index contributed by atoms with van der Waals surface area (Å²) in [6.07, 6.45) is 1.25. The van der Waals surface area contributed by atoms with E-state index < -0.39 is 0 Å². The van der Waals surface area contributed by atoms with E-state index in [1.807, 2.05) is 0 Å². The highest BCUT2D eigenvalue weighted by Crippen LogP contribution is 2.36. The number of hydrogen-bond donors (Lipinski definition) is 0. The Morgan fingerprint density at radius 2 is 1.94 bits per heavy atom. The molecule has 0 N–H and O–H groups in total. The lowest BCUT2D eigenvalue weighted by Gasteiger charge is -2.17. The SMILES string of the molecule is ClCC1CCOC1c1ccc2ccccc2c1. The van der Waals surface area contributed by atoms with E-state index in [1.165, 1.54) is 16.3 Å². The van der Waals surface area contributed by atoms with Crippen LogP contribution in [0.3, 0.4) is 0 Å². The third-order valence-electron chi connectivity index (χ3n) is 3.51. The van der Waals surface area contributed by atoms with Crippen LogP contribution in [-0.2, 0) is 4.74 Å². The van der Waals surface area contributed by atoms with Crippen molar-refractivity contribution in [2.45, 2.75) is 12.5 Å². The Bertz CT molecular complexity index is 523. The van der Waals surface area contributed by atoms with Gasteiger partial charge in [-0.3, -0.25) is 0 Å². The molecule has 1 aliphatic rings. The lowest BCUT2D eigenvalue weighted by Crippen LogP contribution is -2.08. The minimum atomic E-state index is 0.178. The first-order valence-corrected chi connectivity index (χ1v) is 6.58. The predicted octanol–water partition coefficient (Wildman–Crippen LogP) is 4.16. The molecule has 88 valence electrons. The van der Waals surface area contributed by atoms with Gasteiger partial charge < -0.3 is 4.74 Å². The van der Waals surface area contributed by atoms with Gasteiger partial charge >= 0.3 is 0 Å². The molecule has 1 fully saturated rings. The number of hydrogen-bond acceptors (Lipinski definition) is 1. The molecule has 0 amide bonds. The Kier molecular flexibility index (Phi) is 3.04. The summed E-state index contributed by atoms with van der Waals surface area (Å²) in [7, 11) is 0. The second-order valence-electron chi connectivity index (χ2n) is 4.60. The molecule has 3 rings (SSSR count). The van der Waals surface area contributed by atoms with Gasteiger partial charge in [0.15, 0.2) is 0 Å². The Labute approximate surface area is 106 Å². The highest BCUT2D eigenvalue weighted by Gasteiger charge is 2.28. The van der Waals surface area contributed by atoms with Crippen LogP contribution in [0.25, 0.3) is 10.8 Å². The summed E-state index contributed by atoms with van der Waals surface area (Å²) in [4.78, 5) is 0. The molecule has 0 spiro atoms. The van der Waals surface area contributed by atoms with E-state index in [2.05, 4.69) is 42.5 Å². The summed E-state index contributed by atoms with van der Waals surface area (Å²) in [6, 6.07) is 15.0. The van der Waals surface area contributed by atoms with Crippen LogP contribution in [-0.4, -0.2) is 12.5 Å². The maximum absolute atomic E-state index is 5.99. The molecule has 17 heavy (non-hydrogen) atoms. The van der Waals surface area contributed by atoms with Gasteiger partial charge in [0.25, 0.3) is 0 Å². The number of fused-ring (bicyclic) bond motifs is 1. The lowest BCUT2D eigenvalue weighted by atomic mass is 9.95. The fraction of sp³-hybridized carbons (Fsp3) is 0.333. The van der Waals surface area contributed by atoms with Gasteiger partial charge in [-0.25, -0.2) is 0 Å². The minimum Gasteiger partial charge on any atom is -0.373 e. The van der Waals surface area contributed by atoms with E-state index in [-0.39, 0.29) is 6.10 Å². The quantitative estimate of drug-likeness (QED) is 0.723. The van der Waals surface area contributed by atoms with Gasteiger partial charge in [-0.2, -0.15) is 0 Å². The summed E-state index contributed by atoms with van der Waals surface area (Å²) >= 11 is 5.99. The molecule has 0 bridgehead atoms. The van der Waals surface area contributed by atoms with E-state index in [0.29, 0.717) is 11.8 Å². The zero-order valence-corrected chi connectivity index (χ0v) is 10.4. The zero-order valence-electron chi connectivity index (χ0n) is 9.60. The standard InChI is InChI=1S/C15H15ClO/c16-10-14-7-8-17-15(14)13-6-5-11-3-1-2-4-12(11)9-13/h1-6,9,14-15H,7-8,10H2. The smallest absolute Gasteiger partial charge is 0.0865 e. The first-order chi connectivity index (χ1) is 8.38. The number of halogens is 1. The lowest BCUT2D eigenvalue weighted by molar-refractivity contribution is 0.0953. The van der Waals surface area contributed by atoms with Crippen LogP contribution in [0.15, 0.2) is 42.5 Å². The van der Waals surface area contributed by atoms with Gasteiger partial charge in [-0.1, -0.05) is 36.4 Å². The molecule has 1 heterocycles. The van der Waals surface area contributed by atoms with Crippen LogP contribution in [0.5, 0.6) is 0 Å². The maximum atomic E-state index is 5.99. The Hall–Kier alpha value is -1.05. The van der Waals surface area contributed by atoms with Gasteiger partial charge in [0, 0.05) is 18.4 Å². The molecule has 1 nitrogen and oxygen atoms in total. The minimum absolute atomic E-state index is 0.178. The highest BCUT2D eigenvalue weighted by molar-refractivity contribution is 6.18. The molecule has 0 aliphatic carbocycles. The van der Waals surface area contributed by atoms with Gasteiger partial charge in [-0.15, -0.1) is 11.6 Å². The van der Waals surface area contributed by atoms with Crippen LogP contribution in [0.2, 0.25) is 0 Å². The molecular weight excluding hydrogens is 232 g/mol. The molecule has 2 aromatic rings. The Morgan fingerprint density at radius 1 is 1.12 bits per heavy atom. The summed E-state index contributed by atoms with van der Waals surface area (Å²) in [5, 5.41) is 2.55. The van der Waals surface area contributed by atoms with E-state index in [4.69, 9.17) is 16.3 Å². The third-order valence-corrected chi connectivity index (χ3v) is 3.91. The summed E-state index contributed by atoms with van der Waals surface area (Å²) in [5.74, 6) is 1.13. The van der Waals surface area contributed by atoms with E-state index >= 15 is 0 Å². The number of benzene rings is 2. The number of alkyl halides is 1. The molecule has 2 atom stereocenters. The van der Waals surface area contributed by atoms with E-state index in [9.17, 15) is 0 Å². The fourth-order valence-electron chi connectivity index (χ4n) is 2.55. The Balaban J connectivity index is 2.00. The monoisotopic (exact) mass is 246 g/mol. The average molecular weight is 247 g/mol. The molecule has 1 aliphatic heterocycles. The summed E-state index contributed by atoms with van der Waals surface area (Å²) < 4.78 is 5.81. The highest BCUT2D eigenvalue weighted by atomic mass is 35.5. The summed E-state index contributed by atoms with van der Waals surface area (Å²) in [6.45, 7) is 0.828. The number of ether oxygens (including phenoxy) is 1. The molecule has 2 heteroatoms. The van der Waals surface area contributed by atoms with Gasteiger partial charge in [0.05, 0.1) is 6.10 Å². The van der Waals surface area contributed by atoms with Gasteiger partial charge in [0.1, 0.15) is 0 Å². The molecule has 1 saturated heterocycles. The average Bonchev–Trinajstić information content (AvgIpc) is 2.86. The van der Waals surface area contributed by atoms with Crippen molar-refractivity contribution in [2.75, 3.05) is 12.5 Å². The van der Waals surface area contributed by atoms with Crippen LogP contribution in [0, 0.1) is 5.92 Å². The van der Waals surface area contributed by atoms with Crippen molar-refractivity contribution >= 4 is 22.4 Å². The molecule has 2 unspecified atom stereocenters. The van der Waals surface area contributed by atoms with Crippen molar-refractivity contribution in [1.82, 2.24) is 0 Å². The molecule has 2 aromatic carbocycles. The first kappa shape index (κ1) is 11.1. The van der Waals surface area contributed by atoms with E-state index in [1.54, 1.807) is 0 Å². The van der Waals surface area contributed by atoms with Crippen LogP contribution < -0.4 is 0 Å².